The summed E-state index contributed by atoms with van der Waals surface area (Å²) in [4.78, 5) is 45.7. The number of nitrogens with one attached hydrogen (secondary N) is 1. The number of Topliss-reactive ketones (excluding diaryl/α,β-unsaturated/α-hetero) is 2. The van der Waals surface area contributed by atoms with Gasteiger partial charge in [0.25, 0.3) is 0 Å². The molecule has 3 aromatic rings. The Hall–Kier alpha value is -3.99. The molecule has 204 valence electrons. The summed E-state index contributed by atoms with van der Waals surface area (Å²) in [6.45, 7) is 9.86. The van der Waals surface area contributed by atoms with Crippen LogP contribution in [0, 0.1) is 18.3 Å². The zero-order valence-corrected chi connectivity index (χ0v) is 23.8. The lowest BCUT2D eigenvalue weighted by molar-refractivity contribution is -0.128. The van der Waals surface area contributed by atoms with Gasteiger partial charge in [0.15, 0.2) is 11.6 Å². The predicted molar refractivity (Wildman–Crippen MR) is 160 cm³/mol. The summed E-state index contributed by atoms with van der Waals surface area (Å²) in [6.07, 6.45) is 6.02. The van der Waals surface area contributed by atoms with Gasteiger partial charge in [0.05, 0.1) is 12.0 Å². The third kappa shape index (κ3) is 3.71. The number of anilines is 2. The number of carbonyl (C=O) groups is 3. The van der Waals surface area contributed by atoms with Crippen LogP contribution in [0.25, 0.3) is 6.08 Å². The number of nitrogens with zero attached hydrogens (tertiary/aromatic N) is 1. The molecule has 1 saturated heterocycles. The Kier molecular flexibility index (Phi) is 6.10. The van der Waals surface area contributed by atoms with Gasteiger partial charge in [-0.25, -0.2) is 0 Å². The van der Waals surface area contributed by atoms with Crippen molar-refractivity contribution in [2.24, 2.45) is 11.3 Å². The van der Waals surface area contributed by atoms with E-state index in [0.29, 0.717) is 11.3 Å². The van der Waals surface area contributed by atoms with Crippen molar-refractivity contribution in [1.82, 2.24) is 0 Å². The zero-order chi connectivity index (χ0) is 28.4. The number of rotatable bonds is 5. The van der Waals surface area contributed by atoms with Crippen molar-refractivity contribution in [2.75, 3.05) is 10.2 Å². The van der Waals surface area contributed by atoms with E-state index in [-0.39, 0.29) is 17.5 Å². The summed E-state index contributed by atoms with van der Waals surface area (Å²) in [5.41, 5.74) is 4.16. The maximum Gasteiger partial charge on any atom is 0.238 e. The zero-order valence-electron chi connectivity index (χ0n) is 23.8. The molecule has 0 unspecified atom stereocenters. The number of benzene rings is 3. The van der Waals surface area contributed by atoms with Crippen LogP contribution in [-0.2, 0) is 21.4 Å². The maximum absolute atomic E-state index is 14.8. The highest BCUT2D eigenvalue weighted by molar-refractivity contribution is 6.17. The Morgan fingerprint density at radius 1 is 1.00 bits per heavy atom. The fourth-order valence-electron chi connectivity index (χ4n) is 7.05. The molecule has 6 rings (SSSR count). The third-order valence-electron chi connectivity index (χ3n) is 8.86. The van der Waals surface area contributed by atoms with Crippen LogP contribution >= 0.6 is 0 Å². The van der Waals surface area contributed by atoms with E-state index in [1.165, 1.54) is 0 Å². The minimum atomic E-state index is -1.26. The highest BCUT2D eigenvalue weighted by Gasteiger charge is 2.70. The minimum absolute atomic E-state index is 0.0469. The van der Waals surface area contributed by atoms with Crippen molar-refractivity contribution >= 4 is 34.9 Å². The lowest BCUT2D eigenvalue weighted by atomic mass is 9.63. The summed E-state index contributed by atoms with van der Waals surface area (Å²) >= 11 is 0. The molecule has 0 saturated carbocycles. The number of amides is 1. The normalized spacial score (nSPS) is 24.5. The second kappa shape index (κ2) is 9.29. The van der Waals surface area contributed by atoms with E-state index >= 15 is 0 Å². The van der Waals surface area contributed by atoms with Crippen LogP contribution in [0.2, 0.25) is 0 Å². The van der Waals surface area contributed by atoms with Crippen molar-refractivity contribution < 1.29 is 14.4 Å². The number of ketones is 2. The molecule has 5 nitrogen and oxygen atoms in total. The van der Waals surface area contributed by atoms with Gasteiger partial charge in [0, 0.05) is 22.4 Å². The molecule has 0 aromatic heterocycles. The van der Waals surface area contributed by atoms with E-state index < -0.39 is 28.8 Å². The molecule has 3 heterocycles. The molecule has 1 spiro atoms. The molecule has 40 heavy (non-hydrogen) atoms. The highest BCUT2D eigenvalue weighted by atomic mass is 16.2. The quantitative estimate of drug-likeness (QED) is 0.379. The summed E-state index contributed by atoms with van der Waals surface area (Å²) in [6, 6.07) is 20.2. The monoisotopic (exact) mass is 532 g/mol. The van der Waals surface area contributed by atoms with Gasteiger partial charge in [-0.15, -0.1) is 0 Å². The average Bonchev–Trinajstić information content (AvgIpc) is 3.40. The molecule has 3 aliphatic rings. The van der Waals surface area contributed by atoms with Crippen molar-refractivity contribution in [2.45, 2.75) is 65.0 Å². The number of hydrogen-bond donors (Lipinski definition) is 1. The van der Waals surface area contributed by atoms with E-state index in [0.717, 1.165) is 40.8 Å². The van der Waals surface area contributed by atoms with E-state index in [1.54, 1.807) is 0 Å². The van der Waals surface area contributed by atoms with Crippen LogP contribution in [0.5, 0.6) is 0 Å². The number of fused-ring (bicyclic) bond motifs is 6. The van der Waals surface area contributed by atoms with E-state index in [2.05, 4.69) is 23.2 Å². The first-order chi connectivity index (χ1) is 19.1. The summed E-state index contributed by atoms with van der Waals surface area (Å²) in [5, 5.41) is 3.09. The molecule has 1 amide bonds. The molecule has 1 N–H and O–H groups in total. The van der Waals surface area contributed by atoms with Crippen molar-refractivity contribution in [3.63, 3.8) is 0 Å². The second-order valence-corrected chi connectivity index (χ2v) is 12.5. The molecular weight excluding hydrogens is 496 g/mol. The van der Waals surface area contributed by atoms with Crippen LogP contribution in [-0.4, -0.2) is 29.6 Å². The van der Waals surface area contributed by atoms with E-state index in [1.807, 2.05) is 101 Å². The summed E-state index contributed by atoms with van der Waals surface area (Å²) < 4.78 is 0. The van der Waals surface area contributed by atoms with Gasteiger partial charge in [0.1, 0.15) is 11.5 Å². The molecule has 0 bridgehead atoms. The van der Waals surface area contributed by atoms with E-state index in [9.17, 15) is 14.4 Å². The standard InChI is InChI=1S/C35H36N2O3/c1-6-9-22-13-15-23(16-14-22)31(38)29-30(32(39)34(3,4)5)37-27-18-12-21(2)20-24(27)17-19-28(37)35(29)25-10-7-8-11-26(25)36-33(35)40/h7-8,10-20,28-30H,6,9H2,1-5H3,(H,36,40)/t28-,29-,30+,35+/m1/s1. The molecule has 5 heteroatoms. The molecule has 4 atom stereocenters. The Bertz CT molecular complexity index is 1560. The number of carbonyl (C=O) groups excluding carboxylic acids is 3. The first-order valence-corrected chi connectivity index (χ1v) is 14.2. The maximum atomic E-state index is 14.8. The highest BCUT2D eigenvalue weighted by Crippen LogP contribution is 2.58. The molecule has 1 fully saturated rings. The summed E-state index contributed by atoms with van der Waals surface area (Å²) in [7, 11) is 0. The lowest BCUT2D eigenvalue weighted by Crippen LogP contribution is -2.51. The smallest absolute Gasteiger partial charge is 0.238 e. The van der Waals surface area contributed by atoms with Crippen LogP contribution in [0.1, 0.15) is 66.7 Å². The van der Waals surface area contributed by atoms with Gasteiger partial charge < -0.3 is 10.2 Å². The van der Waals surface area contributed by atoms with Crippen LogP contribution < -0.4 is 10.2 Å². The van der Waals surface area contributed by atoms with Crippen molar-refractivity contribution in [1.29, 1.82) is 0 Å². The minimum Gasteiger partial charge on any atom is -0.352 e. The van der Waals surface area contributed by atoms with E-state index in [4.69, 9.17) is 0 Å². The topological polar surface area (TPSA) is 66.5 Å². The number of para-hydroxylation sites is 1. The Labute approximate surface area is 236 Å². The van der Waals surface area contributed by atoms with Gasteiger partial charge in [-0.05, 0) is 48.2 Å². The van der Waals surface area contributed by atoms with Gasteiger partial charge >= 0.3 is 0 Å². The largest absolute Gasteiger partial charge is 0.352 e. The average molecular weight is 533 g/mol. The number of aryl methyl sites for hydroxylation is 2. The van der Waals surface area contributed by atoms with Gasteiger partial charge in [-0.2, -0.15) is 0 Å². The van der Waals surface area contributed by atoms with Gasteiger partial charge in [-0.3, -0.25) is 14.4 Å². The van der Waals surface area contributed by atoms with Crippen molar-refractivity contribution in [3.8, 4) is 0 Å². The van der Waals surface area contributed by atoms with Crippen LogP contribution in [0.4, 0.5) is 11.4 Å². The fraction of sp³-hybridized carbons (Fsp3) is 0.343. The third-order valence-corrected chi connectivity index (χ3v) is 8.86. The Morgan fingerprint density at radius 3 is 2.42 bits per heavy atom. The van der Waals surface area contributed by atoms with Crippen molar-refractivity contribution in [3.05, 3.63) is 101 Å². The van der Waals surface area contributed by atoms with Crippen LogP contribution in [0.3, 0.4) is 0 Å². The molecular formula is C35H36N2O3. The van der Waals surface area contributed by atoms with Gasteiger partial charge in [0.2, 0.25) is 5.91 Å². The summed E-state index contributed by atoms with van der Waals surface area (Å²) in [5.74, 6) is -1.36. The van der Waals surface area contributed by atoms with Crippen LogP contribution in [0.15, 0.2) is 72.8 Å². The Balaban J connectivity index is 1.64. The molecule has 0 radical (unpaired) electrons. The molecule has 3 aromatic carbocycles. The SMILES string of the molecule is CCCc1ccc(C(=O)[C@H]2[C@@H](C(=O)C(C)(C)C)N3c4ccc(C)cc4C=C[C@@H]3[C@]23C(=O)Nc2ccccc23)cc1. The van der Waals surface area contributed by atoms with Gasteiger partial charge in [-0.1, -0.05) is 100 Å². The predicted octanol–water partition coefficient (Wildman–Crippen LogP) is 6.54. The fourth-order valence-corrected chi connectivity index (χ4v) is 7.05. The first-order valence-electron chi connectivity index (χ1n) is 14.2. The Morgan fingerprint density at radius 2 is 1.73 bits per heavy atom. The second-order valence-electron chi connectivity index (χ2n) is 12.5. The molecule has 3 aliphatic heterocycles. The molecule has 0 aliphatic carbocycles. The number of hydrogen-bond acceptors (Lipinski definition) is 4. The first kappa shape index (κ1) is 26.2. The lowest BCUT2D eigenvalue weighted by Gasteiger charge is -2.38.